The molecule has 1 saturated carbocycles. The highest BCUT2D eigenvalue weighted by Gasteiger charge is 2.27. The van der Waals surface area contributed by atoms with Gasteiger partial charge in [-0.15, -0.1) is 0 Å². The first-order chi connectivity index (χ1) is 15.5. The molecule has 0 heterocycles. The molecule has 1 aliphatic rings. The maximum absolute atomic E-state index is 12.8. The van der Waals surface area contributed by atoms with Crippen LogP contribution >= 0.6 is 0 Å². The van der Waals surface area contributed by atoms with Gasteiger partial charge in [0.25, 0.3) is 0 Å². The number of nitrogens with zero attached hydrogens (tertiary/aromatic N) is 1. The second-order valence-corrected chi connectivity index (χ2v) is 7.70. The van der Waals surface area contributed by atoms with Gasteiger partial charge in [0.15, 0.2) is 6.04 Å². The molecule has 1 aliphatic carbocycles. The molecule has 2 aromatic carbocycles. The summed E-state index contributed by atoms with van der Waals surface area (Å²) in [7, 11) is 0. The van der Waals surface area contributed by atoms with Crippen molar-refractivity contribution in [3.8, 4) is 17.6 Å². The molecule has 32 heavy (non-hydrogen) atoms. The van der Waals surface area contributed by atoms with Crippen molar-refractivity contribution >= 4 is 11.7 Å². The summed E-state index contributed by atoms with van der Waals surface area (Å²) in [5.74, 6) is 0.670. The second kappa shape index (κ2) is 11.4. The second-order valence-electron chi connectivity index (χ2n) is 7.70. The van der Waals surface area contributed by atoms with Gasteiger partial charge >= 0.3 is 5.97 Å². The van der Waals surface area contributed by atoms with Crippen LogP contribution in [0.2, 0.25) is 0 Å². The Morgan fingerprint density at radius 2 is 1.84 bits per heavy atom. The number of hydrogen-bond donors (Lipinski definition) is 2. The first-order valence-corrected chi connectivity index (χ1v) is 11.1. The Hall–Kier alpha value is -3.24. The Morgan fingerprint density at radius 3 is 2.50 bits per heavy atom. The van der Waals surface area contributed by atoms with Crippen molar-refractivity contribution in [3.05, 3.63) is 53.6 Å². The van der Waals surface area contributed by atoms with Crippen molar-refractivity contribution < 1.29 is 24.1 Å². The highest BCUT2D eigenvalue weighted by molar-refractivity contribution is 5.81. The summed E-state index contributed by atoms with van der Waals surface area (Å²) in [6.45, 7) is 4.34. The summed E-state index contributed by atoms with van der Waals surface area (Å²) in [5.41, 5.74) is 1.83. The van der Waals surface area contributed by atoms with Crippen molar-refractivity contribution in [2.24, 2.45) is 0 Å². The van der Waals surface area contributed by atoms with Gasteiger partial charge in [-0.25, -0.2) is 4.79 Å². The van der Waals surface area contributed by atoms with Gasteiger partial charge in [0, 0.05) is 11.8 Å². The van der Waals surface area contributed by atoms with Gasteiger partial charge in [0.05, 0.1) is 31.0 Å². The van der Waals surface area contributed by atoms with E-state index >= 15 is 0 Å². The molecule has 1 fully saturated rings. The molecule has 3 rings (SSSR count). The van der Waals surface area contributed by atoms with Crippen molar-refractivity contribution in [1.29, 1.82) is 5.26 Å². The van der Waals surface area contributed by atoms with E-state index in [0.717, 1.165) is 19.3 Å². The number of aliphatic hydroxyl groups is 1. The van der Waals surface area contributed by atoms with E-state index in [1.54, 1.807) is 49.4 Å². The molecule has 0 amide bonds. The lowest BCUT2D eigenvalue weighted by molar-refractivity contribution is -0.144. The molecular formula is C25H30N2O5. The van der Waals surface area contributed by atoms with E-state index in [9.17, 15) is 9.90 Å². The quantitative estimate of drug-likeness (QED) is 0.561. The summed E-state index contributed by atoms with van der Waals surface area (Å²) in [5, 5.41) is 22.5. The molecule has 0 aliphatic heterocycles. The SMILES string of the molecule is CCOC(=O)C(Nc1ccc(C#N)cc1)c1cc(OCC)cc(OC2CCCCC2O)c1. The van der Waals surface area contributed by atoms with Crippen LogP contribution in [0.4, 0.5) is 5.69 Å². The van der Waals surface area contributed by atoms with Gasteiger partial charge < -0.3 is 24.6 Å². The molecule has 2 N–H and O–H groups in total. The average Bonchev–Trinajstić information content (AvgIpc) is 2.79. The smallest absolute Gasteiger partial charge is 0.333 e. The number of aliphatic hydroxyl groups excluding tert-OH is 1. The molecule has 3 unspecified atom stereocenters. The van der Waals surface area contributed by atoms with Gasteiger partial charge in [-0.05, 0) is 75.1 Å². The number of hydrogen-bond acceptors (Lipinski definition) is 7. The zero-order valence-electron chi connectivity index (χ0n) is 18.5. The zero-order chi connectivity index (χ0) is 22.9. The third-order valence-corrected chi connectivity index (χ3v) is 5.35. The zero-order valence-corrected chi connectivity index (χ0v) is 18.5. The molecule has 7 nitrogen and oxygen atoms in total. The number of nitriles is 1. The summed E-state index contributed by atoms with van der Waals surface area (Å²) < 4.78 is 17.1. The fourth-order valence-corrected chi connectivity index (χ4v) is 3.78. The lowest BCUT2D eigenvalue weighted by atomic mass is 9.95. The van der Waals surface area contributed by atoms with Crippen molar-refractivity contribution in [2.75, 3.05) is 18.5 Å². The predicted octanol–water partition coefficient (Wildman–Crippen LogP) is 4.36. The van der Waals surface area contributed by atoms with Gasteiger partial charge in [-0.3, -0.25) is 0 Å². The van der Waals surface area contributed by atoms with Crippen LogP contribution in [0.5, 0.6) is 11.5 Å². The van der Waals surface area contributed by atoms with Crippen LogP contribution in [-0.4, -0.2) is 36.5 Å². The van der Waals surface area contributed by atoms with Crippen molar-refractivity contribution in [1.82, 2.24) is 0 Å². The standard InChI is InChI=1S/C25H30N2O5/c1-3-30-20-13-18(14-21(15-20)32-23-8-6-5-7-22(23)28)24(25(29)31-4-2)27-19-11-9-17(16-26)10-12-19/h9-15,22-24,27-28H,3-8H2,1-2H3. The molecule has 0 bridgehead atoms. The molecular weight excluding hydrogens is 408 g/mol. The van der Waals surface area contributed by atoms with Crippen LogP contribution in [0.25, 0.3) is 0 Å². The van der Waals surface area contributed by atoms with E-state index in [2.05, 4.69) is 11.4 Å². The van der Waals surface area contributed by atoms with Crippen LogP contribution in [0.1, 0.15) is 56.7 Å². The minimum Gasteiger partial charge on any atom is -0.494 e. The summed E-state index contributed by atoms with van der Waals surface area (Å²) >= 11 is 0. The minimum absolute atomic E-state index is 0.243. The Balaban J connectivity index is 1.92. The summed E-state index contributed by atoms with van der Waals surface area (Å²) in [4.78, 5) is 12.8. The number of carbonyl (C=O) groups excluding carboxylic acids is 1. The van der Waals surface area contributed by atoms with E-state index in [1.807, 2.05) is 6.92 Å². The van der Waals surface area contributed by atoms with Gasteiger partial charge in [0.2, 0.25) is 0 Å². The summed E-state index contributed by atoms with van der Waals surface area (Å²) in [6, 6.07) is 13.5. The molecule has 0 spiro atoms. The van der Waals surface area contributed by atoms with Crippen LogP contribution in [0.15, 0.2) is 42.5 Å². The maximum Gasteiger partial charge on any atom is 0.333 e. The molecule has 2 aromatic rings. The van der Waals surface area contributed by atoms with Crippen LogP contribution in [0, 0.1) is 11.3 Å². The lowest BCUT2D eigenvalue weighted by Gasteiger charge is -2.29. The minimum atomic E-state index is -0.804. The van der Waals surface area contributed by atoms with Crippen LogP contribution in [0.3, 0.4) is 0 Å². The average molecular weight is 439 g/mol. The van der Waals surface area contributed by atoms with Crippen LogP contribution < -0.4 is 14.8 Å². The fraction of sp³-hybridized carbons (Fsp3) is 0.440. The first kappa shape index (κ1) is 23.4. The van der Waals surface area contributed by atoms with Crippen molar-refractivity contribution in [2.45, 2.75) is 57.8 Å². The fourth-order valence-electron chi connectivity index (χ4n) is 3.78. The molecule has 7 heteroatoms. The Kier molecular flexibility index (Phi) is 8.34. The monoisotopic (exact) mass is 438 g/mol. The molecule has 0 saturated heterocycles. The third-order valence-electron chi connectivity index (χ3n) is 5.35. The maximum atomic E-state index is 12.8. The van der Waals surface area contributed by atoms with E-state index < -0.39 is 18.1 Å². The number of carbonyl (C=O) groups is 1. The number of esters is 1. The van der Waals surface area contributed by atoms with Gasteiger partial charge in [-0.2, -0.15) is 5.26 Å². The third kappa shape index (κ3) is 6.14. The number of anilines is 1. The largest absolute Gasteiger partial charge is 0.494 e. The first-order valence-electron chi connectivity index (χ1n) is 11.1. The number of rotatable bonds is 9. The number of benzene rings is 2. The van der Waals surface area contributed by atoms with Crippen LogP contribution in [-0.2, 0) is 9.53 Å². The molecule has 3 atom stereocenters. The van der Waals surface area contributed by atoms with E-state index in [1.165, 1.54) is 0 Å². The van der Waals surface area contributed by atoms with E-state index in [0.29, 0.717) is 41.3 Å². The highest BCUT2D eigenvalue weighted by Crippen LogP contribution is 2.32. The van der Waals surface area contributed by atoms with Crippen molar-refractivity contribution in [3.63, 3.8) is 0 Å². The molecule has 0 radical (unpaired) electrons. The van der Waals surface area contributed by atoms with E-state index in [-0.39, 0.29) is 12.7 Å². The summed E-state index contributed by atoms with van der Waals surface area (Å²) in [6.07, 6.45) is 2.69. The number of nitrogens with one attached hydrogen (secondary N) is 1. The van der Waals surface area contributed by atoms with Gasteiger partial charge in [-0.1, -0.05) is 6.42 Å². The Labute approximate surface area is 188 Å². The lowest BCUT2D eigenvalue weighted by Crippen LogP contribution is -2.34. The Bertz CT molecular complexity index is 938. The Morgan fingerprint density at radius 1 is 1.12 bits per heavy atom. The van der Waals surface area contributed by atoms with Gasteiger partial charge in [0.1, 0.15) is 17.6 Å². The predicted molar refractivity (Wildman–Crippen MR) is 121 cm³/mol. The highest BCUT2D eigenvalue weighted by atomic mass is 16.5. The topological polar surface area (TPSA) is 101 Å². The number of ether oxygens (including phenoxy) is 3. The molecule has 0 aromatic heterocycles. The van der Waals surface area contributed by atoms with E-state index in [4.69, 9.17) is 19.5 Å². The normalized spacial score (nSPS) is 18.8. The molecule has 170 valence electrons.